The summed E-state index contributed by atoms with van der Waals surface area (Å²) in [5.74, 6) is -0.582. The predicted molar refractivity (Wildman–Crippen MR) is 192 cm³/mol. The van der Waals surface area contributed by atoms with Gasteiger partial charge in [0.2, 0.25) is 5.89 Å². The van der Waals surface area contributed by atoms with Crippen molar-refractivity contribution in [2.24, 2.45) is 23.3 Å². The van der Waals surface area contributed by atoms with Gasteiger partial charge in [-0.05, 0) is 53.8 Å². The molecule has 2 aromatic carbocycles. The lowest BCUT2D eigenvalue weighted by molar-refractivity contribution is -0.163. The number of benzene rings is 2. The zero-order chi connectivity index (χ0) is 37.2. The Morgan fingerprint density at radius 1 is 0.882 bits per heavy atom. The van der Waals surface area contributed by atoms with Gasteiger partial charge >= 0.3 is 11.9 Å². The summed E-state index contributed by atoms with van der Waals surface area (Å²) in [6.07, 6.45) is 0.539. The molecule has 0 fully saturated rings. The summed E-state index contributed by atoms with van der Waals surface area (Å²) in [7, 11) is 0. The molecule has 266 valence electrons. The molecule has 0 aliphatic heterocycles. The Morgan fingerprint density at radius 3 is 2.10 bits per heavy atom. The van der Waals surface area contributed by atoms with Gasteiger partial charge in [-0.1, -0.05) is 63.2 Å². The van der Waals surface area contributed by atoms with Crippen molar-refractivity contribution in [2.75, 3.05) is 18.9 Å². The van der Waals surface area contributed by atoms with Crippen LogP contribution in [0.2, 0.25) is 5.02 Å². The molecular weight excluding hydrogens is 694 g/mol. The van der Waals surface area contributed by atoms with E-state index in [1.54, 1.807) is 76.2 Å². The van der Waals surface area contributed by atoms with Crippen LogP contribution in [-0.4, -0.2) is 53.3 Å². The first-order valence-electron chi connectivity index (χ1n) is 15.9. The number of aromatic nitrogens is 2. The fourth-order valence-electron chi connectivity index (χ4n) is 4.51. The van der Waals surface area contributed by atoms with Crippen molar-refractivity contribution in [3.8, 4) is 40.5 Å². The minimum Gasteiger partial charge on any atom is -0.490 e. The molecule has 0 amide bonds. The lowest BCUT2D eigenvalue weighted by Crippen LogP contribution is -2.43. The molecule has 0 radical (unpaired) electrons. The number of rotatable bonds is 15. The van der Waals surface area contributed by atoms with Crippen molar-refractivity contribution < 1.29 is 28.2 Å². The Balaban J connectivity index is 1.51. The largest absolute Gasteiger partial charge is 0.490 e. The molecule has 2 heterocycles. The van der Waals surface area contributed by atoms with Gasteiger partial charge in [0.15, 0.2) is 6.10 Å². The first kappa shape index (κ1) is 38.7. The third kappa shape index (κ3) is 9.99. The molecule has 15 heteroatoms. The number of nitrogens with two attached hydrogens (primary N) is 3. The van der Waals surface area contributed by atoms with Gasteiger partial charge in [0.25, 0.3) is 0 Å². The van der Waals surface area contributed by atoms with Crippen LogP contribution in [0.1, 0.15) is 44.5 Å². The molecule has 0 bridgehead atoms. The third-order valence-electron chi connectivity index (χ3n) is 7.67. The van der Waals surface area contributed by atoms with Crippen molar-refractivity contribution in [1.82, 2.24) is 9.97 Å². The van der Waals surface area contributed by atoms with Crippen molar-refractivity contribution in [1.29, 1.82) is 10.5 Å². The van der Waals surface area contributed by atoms with E-state index in [1.807, 2.05) is 0 Å². The van der Waals surface area contributed by atoms with E-state index in [-0.39, 0.29) is 42.0 Å². The Hall–Kier alpha value is -5.12. The highest BCUT2D eigenvalue weighted by Crippen LogP contribution is 2.37. The van der Waals surface area contributed by atoms with Gasteiger partial charge in [-0.2, -0.15) is 10.5 Å². The number of ether oxygens (including phenoxy) is 3. The second-order valence-corrected chi connectivity index (χ2v) is 13.6. The highest BCUT2D eigenvalue weighted by molar-refractivity contribution is 7.98. The van der Waals surface area contributed by atoms with Crippen molar-refractivity contribution in [2.45, 2.75) is 56.7 Å². The molecule has 4 rings (SSSR count). The van der Waals surface area contributed by atoms with Gasteiger partial charge in [-0.3, -0.25) is 9.59 Å². The van der Waals surface area contributed by atoms with Crippen molar-refractivity contribution in [3.63, 3.8) is 0 Å². The van der Waals surface area contributed by atoms with Crippen LogP contribution in [0, 0.1) is 34.5 Å². The smallest absolute Gasteiger partial charge is 0.323 e. The van der Waals surface area contributed by atoms with Crippen molar-refractivity contribution >= 4 is 41.1 Å². The number of esters is 2. The lowest BCUT2D eigenvalue weighted by Gasteiger charge is -2.23. The molecule has 4 aromatic rings. The monoisotopic (exact) mass is 731 g/mol. The summed E-state index contributed by atoms with van der Waals surface area (Å²) >= 11 is 7.21. The van der Waals surface area contributed by atoms with E-state index in [1.165, 1.54) is 18.0 Å². The van der Waals surface area contributed by atoms with Crippen LogP contribution in [0.4, 0.5) is 5.82 Å². The van der Waals surface area contributed by atoms with Gasteiger partial charge in [-0.25, -0.2) is 9.97 Å². The molecule has 3 atom stereocenters. The Labute approximate surface area is 305 Å². The summed E-state index contributed by atoms with van der Waals surface area (Å²) in [4.78, 5) is 33.9. The molecule has 0 aliphatic carbocycles. The molecule has 0 saturated carbocycles. The van der Waals surface area contributed by atoms with E-state index < -0.39 is 30.1 Å². The minimum absolute atomic E-state index is 0.0349. The number of nitrogens with zero attached hydrogens (tertiary/aromatic N) is 4. The number of pyridine rings is 1. The number of nitrogen functional groups attached to an aromatic ring is 1. The maximum atomic E-state index is 12.6. The zero-order valence-electron chi connectivity index (χ0n) is 28.5. The molecule has 0 aliphatic rings. The number of halogens is 1. The Kier molecular flexibility index (Phi) is 13.4. The molecule has 13 nitrogen and oxygen atoms in total. The quantitative estimate of drug-likeness (QED) is 0.102. The summed E-state index contributed by atoms with van der Waals surface area (Å²) in [6, 6.07) is 16.1. The van der Waals surface area contributed by atoms with Crippen molar-refractivity contribution in [3.05, 3.63) is 76.6 Å². The van der Waals surface area contributed by atoms with Crippen LogP contribution in [0.15, 0.2) is 64.2 Å². The first-order chi connectivity index (χ1) is 24.3. The maximum absolute atomic E-state index is 12.6. The van der Waals surface area contributed by atoms with Crippen LogP contribution in [0.3, 0.4) is 0 Å². The molecule has 6 N–H and O–H groups in total. The van der Waals surface area contributed by atoms with Gasteiger partial charge in [0.05, 0.1) is 11.3 Å². The normalized spacial score (nSPS) is 12.8. The number of carbonyl (C=O) groups is 2. The summed E-state index contributed by atoms with van der Waals surface area (Å²) < 4.78 is 22.4. The van der Waals surface area contributed by atoms with Crippen LogP contribution in [0.25, 0.3) is 22.6 Å². The summed E-state index contributed by atoms with van der Waals surface area (Å²) in [5.41, 5.74) is 20.5. The van der Waals surface area contributed by atoms with Crippen LogP contribution in [0.5, 0.6) is 5.75 Å². The van der Waals surface area contributed by atoms with E-state index in [0.717, 1.165) is 5.56 Å². The highest BCUT2D eigenvalue weighted by atomic mass is 35.5. The first-order valence-corrected chi connectivity index (χ1v) is 17.3. The third-order valence-corrected chi connectivity index (χ3v) is 8.93. The molecule has 0 saturated heterocycles. The van der Waals surface area contributed by atoms with Crippen LogP contribution >= 0.6 is 23.4 Å². The summed E-state index contributed by atoms with van der Waals surface area (Å²) in [5, 5.41) is 21.1. The van der Waals surface area contributed by atoms with Gasteiger partial charge in [0, 0.05) is 21.9 Å². The van der Waals surface area contributed by atoms with E-state index in [9.17, 15) is 20.1 Å². The van der Waals surface area contributed by atoms with E-state index in [4.69, 9.17) is 47.4 Å². The number of anilines is 1. The molecule has 51 heavy (non-hydrogen) atoms. The number of nitriles is 2. The lowest BCUT2D eigenvalue weighted by atomic mass is 9.97. The van der Waals surface area contributed by atoms with E-state index in [0.29, 0.717) is 44.3 Å². The van der Waals surface area contributed by atoms with E-state index in [2.05, 4.69) is 22.1 Å². The minimum atomic E-state index is -0.979. The van der Waals surface area contributed by atoms with Gasteiger partial charge < -0.3 is 35.8 Å². The number of oxazole rings is 1. The van der Waals surface area contributed by atoms with Crippen LogP contribution in [-0.2, 0) is 24.8 Å². The predicted octanol–water partition coefficient (Wildman–Crippen LogP) is 5.48. The standard InChI is InChI=1S/C36H38ClN7O6S/c1-19(2)30(40)35(45)49-17-26(50-36(46)31(41)20(3)4)16-47-25-11-7-21(8-12-25)29-27(13-38)32(42)44-34(28(29)14-39)51-18-24-15-48-33(43-24)22-5-9-23(37)10-6-22/h5-12,15,19-20,26,30-31H,16-18,40-41H2,1-4H3,(H2,42,44)/t26-,30?,31?/m0/s1. The van der Waals surface area contributed by atoms with Crippen LogP contribution < -0.4 is 21.9 Å². The number of carbonyl (C=O) groups excluding carboxylic acids is 2. The molecule has 0 spiro atoms. The summed E-state index contributed by atoms with van der Waals surface area (Å²) in [6.45, 7) is 6.67. The zero-order valence-corrected chi connectivity index (χ0v) is 30.0. The topological polar surface area (TPSA) is 226 Å². The fraction of sp³-hybridized carbons (Fsp3) is 0.333. The Morgan fingerprint density at radius 2 is 1.49 bits per heavy atom. The number of thioether (sulfide) groups is 1. The Bertz CT molecular complexity index is 1920. The highest BCUT2D eigenvalue weighted by Gasteiger charge is 2.27. The second kappa shape index (κ2) is 17.7. The average Bonchev–Trinajstić information content (AvgIpc) is 3.60. The van der Waals surface area contributed by atoms with Gasteiger partial charge in [-0.15, -0.1) is 0 Å². The molecule has 2 unspecified atom stereocenters. The maximum Gasteiger partial charge on any atom is 0.323 e. The fourth-order valence-corrected chi connectivity index (χ4v) is 5.51. The number of hydrogen-bond donors (Lipinski definition) is 3. The SMILES string of the molecule is CC(C)C(N)C(=O)OC[C@H](COc1ccc(-c2c(C#N)c(N)nc(SCc3coc(-c4ccc(Cl)cc4)n3)c2C#N)cc1)OC(=O)C(N)C(C)C. The molecule has 2 aromatic heterocycles. The van der Waals surface area contributed by atoms with Gasteiger partial charge in [0.1, 0.15) is 65.9 Å². The second-order valence-electron chi connectivity index (χ2n) is 12.2. The average molecular weight is 732 g/mol. The number of hydrogen-bond acceptors (Lipinski definition) is 14. The van der Waals surface area contributed by atoms with E-state index >= 15 is 0 Å². The molecular formula is C36H38ClN7O6S.